The molecule has 1 N–H and O–H groups in total. The SMILES string of the molecule is COc1ccccc1CNC(=O)c1nn(-c2ccccc2Cl)c(C)cc1=O. The summed E-state index contributed by atoms with van der Waals surface area (Å²) in [5.74, 6) is 0.0925. The largest absolute Gasteiger partial charge is 0.496 e. The van der Waals surface area contributed by atoms with E-state index in [1.807, 2.05) is 24.3 Å². The van der Waals surface area contributed by atoms with Crippen molar-refractivity contribution in [1.82, 2.24) is 15.1 Å². The molecule has 0 unspecified atom stereocenters. The van der Waals surface area contributed by atoms with Gasteiger partial charge in [0.2, 0.25) is 5.43 Å². The van der Waals surface area contributed by atoms with Gasteiger partial charge in [0.1, 0.15) is 5.75 Å². The number of carbonyl (C=O) groups excluding carboxylic acids is 1. The average Bonchev–Trinajstić information content (AvgIpc) is 2.67. The molecule has 0 aliphatic rings. The summed E-state index contributed by atoms with van der Waals surface area (Å²) in [4.78, 5) is 24.8. The average molecular weight is 384 g/mol. The molecular formula is C20H18ClN3O3. The number of benzene rings is 2. The Bertz CT molecular complexity index is 1050. The van der Waals surface area contributed by atoms with E-state index in [1.165, 1.54) is 10.7 Å². The Morgan fingerprint density at radius 2 is 1.89 bits per heavy atom. The van der Waals surface area contributed by atoms with Gasteiger partial charge in [0.25, 0.3) is 5.91 Å². The normalized spacial score (nSPS) is 10.5. The molecule has 0 saturated heterocycles. The van der Waals surface area contributed by atoms with Gasteiger partial charge < -0.3 is 10.1 Å². The first kappa shape index (κ1) is 18.7. The number of aromatic nitrogens is 2. The van der Waals surface area contributed by atoms with Crippen LogP contribution in [0.4, 0.5) is 0 Å². The standard InChI is InChI=1S/C20H18ClN3O3/c1-13-11-17(25)19(23-24(13)16-9-5-4-8-15(16)21)20(26)22-12-14-7-3-6-10-18(14)27-2/h3-11H,12H2,1-2H3,(H,22,26). The van der Waals surface area contributed by atoms with E-state index in [0.717, 1.165) is 5.56 Å². The highest BCUT2D eigenvalue weighted by molar-refractivity contribution is 6.32. The van der Waals surface area contributed by atoms with Gasteiger partial charge in [0, 0.05) is 23.9 Å². The molecule has 0 atom stereocenters. The Morgan fingerprint density at radius 3 is 2.63 bits per heavy atom. The van der Waals surface area contributed by atoms with E-state index in [2.05, 4.69) is 10.4 Å². The number of aryl methyl sites for hydroxylation is 1. The molecule has 1 heterocycles. The fraction of sp³-hybridized carbons (Fsp3) is 0.150. The molecule has 0 bridgehead atoms. The number of methoxy groups -OCH3 is 1. The van der Waals surface area contributed by atoms with Crippen molar-refractivity contribution in [1.29, 1.82) is 0 Å². The molecule has 0 spiro atoms. The highest BCUT2D eigenvalue weighted by atomic mass is 35.5. The summed E-state index contributed by atoms with van der Waals surface area (Å²) < 4.78 is 6.75. The maximum atomic E-state index is 12.6. The number of ether oxygens (including phenoxy) is 1. The lowest BCUT2D eigenvalue weighted by Gasteiger charge is -2.13. The lowest BCUT2D eigenvalue weighted by atomic mass is 10.2. The summed E-state index contributed by atoms with van der Waals surface area (Å²) in [5.41, 5.74) is 1.32. The van der Waals surface area contributed by atoms with Gasteiger partial charge in [-0.05, 0) is 25.1 Å². The number of nitrogens with one attached hydrogen (secondary N) is 1. The zero-order valence-corrected chi connectivity index (χ0v) is 15.7. The minimum absolute atomic E-state index is 0.199. The summed E-state index contributed by atoms with van der Waals surface area (Å²) in [6.07, 6.45) is 0. The van der Waals surface area contributed by atoms with Crippen LogP contribution in [0.5, 0.6) is 5.75 Å². The molecule has 2 aromatic carbocycles. The molecule has 0 fully saturated rings. The third kappa shape index (κ3) is 4.01. The maximum absolute atomic E-state index is 12.6. The first-order chi connectivity index (χ1) is 13.0. The first-order valence-corrected chi connectivity index (χ1v) is 8.65. The Labute approximate surface area is 161 Å². The summed E-state index contributed by atoms with van der Waals surface area (Å²) in [6, 6.07) is 15.8. The van der Waals surface area contributed by atoms with Crippen molar-refractivity contribution in [2.75, 3.05) is 7.11 Å². The third-order valence-corrected chi connectivity index (χ3v) is 4.35. The van der Waals surface area contributed by atoms with Crippen LogP contribution in [0.3, 0.4) is 0 Å². The third-order valence-electron chi connectivity index (χ3n) is 4.04. The van der Waals surface area contributed by atoms with E-state index in [4.69, 9.17) is 16.3 Å². The Kier molecular flexibility index (Phi) is 5.57. The minimum atomic E-state index is -0.563. The number of amides is 1. The fourth-order valence-electron chi connectivity index (χ4n) is 2.68. The Morgan fingerprint density at radius 1 is 1.19 bits per heavy atom. The highest BCUT2D eigenvalue weighted by Gasteiger charge is 2.16. The minimum Gasteiger partial charge on any atom is -0.496 e. The van der Waals surface area contributed by atoms with Crippen LogP contribution >= 0.6 is 11.6 Å². The van der Waals surface area contributed by atoms with Crippen molar-refractivity contribution in [3.63, 3.8) is 0 Å². The molecule has 0 aliphatic carbocycles. The summed E-state index contributed by atoms with van der Waals surface area (Å²) in [5, 5.41) is 7.42. The second-order valence-electron chi connectivity index (χ2n) is 5.86. The van der Waals surface area contributed by atoms with E-state index in [-0.39, 0.29) is 12.2 Å². The topological polar surface area (TPSA) is 73.2 Å². The van der Waals surface area contributed by atoms with Crippen molar-refractivity contribution in [3.8, 4) is 11.4 Å². The monoisotopic (exact) mass is 383 g/mol. The maximum Gasteiger partial charge on any atom is 0.276 e. The van der Waals surface area contributed by atoms with Crippen LogP contribution in [-0.2, 0) is 6.54 Å². The predicted molar refractivity (Wildman–Crippen MR) is 104 cm³/mol. The van der Waals surface area contributed by atoms with Gasteiger partial charge in [0.15, 0.2) is 5.69 Å². The molecule has 1 amide bonds. The second-order valence-corrected chi connectivity index (χ2v) is 6.26. The van der Waals surface area contributed by atoms with Gasteiger partial charge in [0.05, 0.1) is 17.8 Å². The number of hydrogen-bond acceptors (Lipinski definition) is 4. The smallest absolute Gasteiger partial charge is 0.276 e. The number of carbonyl (C=O) groups is 1. The van der Waals surface area contributed by atoms with Gasteiger partial charge in [-0.2, -0.15) is 5.10 Å². The molecule has 27 heavy (non-hydrogen) atoms. The van der Waals surface area contributed by atoms with E-state index in [0.29, 0.717) is 22.2 Å². The molecule has 0 aliphatic heterocycles. The van der Waals surface area contributed by atoms with Crippen LogP contribution in [0, 0.1) is 6.92 Å². The van der Waals surface area contributed by atoms with Crippen molar-refractivity contribution in [2.45, 2.75) is 13.5 Å². The molecule has 138 valence electrons. The van der Waals surface area contributed by atoms with Crippen LogP contribution < -0.4 is 15.5 Å². The lowest BCUT2D eigenvalue weighted by molar-refractivity contribution is 0.0942. The van der Waals surface area contributed by atoms with Gasteiger partial charge in [-0.15, -0.1) is 0 Å². The van der Waals surface area contributed by atoms with Crippen LogP contribution in [-0.4, -0.2) is 22.8 Å². The van der Waals surface area contributed by atoms with Crippen molar-refractivity contribution < 1.29 is 9.53 Å². The molecule has 3 rings (SSSR count). The van der Waals surface area contributed by atoms with Gasteiger partial charge >= 0.3 is 0 Å². The van der Waals surface area contributed by atoms with E-state index < -0.39 is 11.3 Å². The number of para-hydroxylation sites is 2. The van der Waals surface area contributed by atoms with Crippen molar-refractivity contribution in [3.05, 3.63) is 86.8 Å². The van der Waals surface area contributed by atoms with Crippen molar-refractivity contribution >= 4 is 17.5 Å². The van der Waals surface area contributed by atoms with Crippen LogP contribution in [0.15, 0.2) is 59.4 Å². The van der Waals surface area contributed by atoms with Crippen LogP contribution in [0.2, 0.25) is 5.02 Å². The molecular weight excluding hydrogens is 366 g/mol. The van der Waals surface area contributed by atoms with Crippen LogP contribution in [0.25, 0.3) is 5.69 Å². The fourth-order valence-corrected chi connectivity index (χ4v) is 2.90. The lowest BCUT2D eigenvalue weighted by Crippen LogP contribution is -2.31. The van der Waals surface area contributed by atoms with E-state index >= 15 is 0 Å². The molecule has 1 aromatic heterocycles. The van der Waals surface area contributed by atoms with E-state index in [1.54, 1.807) is 38.3 Å². The van der Waals surface area contributed by atoms with Crippen molar-refractivity contribution in [2.24, 2.45) is 0 Å². The van der Waals surface area contributed by atoms with E-state index in [9.17, 15) is 9.59 Å². The zero-order valence-electron chi connectivity index (χ0n) is 14.9. The summed E-state index contributed by atoms with van der Waals surface area (Å²) >= 11 is 6.22. The molecule has 7 heteroatoms. The van der Waals surface area contributed by atoms with Gasteiger partial charge in [-0.1, -0.05) is 41.9 Å². The number of rotatable bonds is 5. The number of halogens is 1. The quantitative estimate of drug-likeness (QED) is 0.734. The zero-order chi connectivity index (χ0) is 19.4. The van der Waals surface area contributed by atoms with Gasteiger partial charge in [-0.3, -0.25) is 9.59 Å². The predicted octanol–water partition coefficient (Wildman–Crippen LogP) is 3.13. The first-order valence-electron chi connectivity index (χ1n) is 8.27. The van der Waals surface area contributed by atoms with Gasteiger partial charge in [-0.25, -0.2) is 4.68 Å². The Hall–Kier alpha value is -3.12. The van der Waals surface area contributed by atoms with Crippen LogP contribution in [0.1, 0.15) is 21.7 Å². The molecule has 0 radical (unpaired) electrons. The second kappa shape index (κ2) is 8.05. The molecule has 0 saturated carbocycles. The highest BCUT2D eigenvalue weighted by Crippen LogP contribution is 2.20. The number of hydrogen-bond donors (Lipinski definition) is 1. The molecule has 3 aromatic rings. The summed E-state index contributed by atoms with van der Waals surface area (Å²) in [7, 11) is 1.56. The summed E-state index contributed by atoms with van der Waals surface area (Å²) in [6.45, 7) is 1.94. The number of nitrogens with zero attached hydrogens (tertiary/aromatic N) is 2. The Balaban J connectivity index is 1.90. The molecule has 6 nitrogen and oxygen atoms in total.